The Morgan fingerprint density at radius 2 is 2.05 bits per heavy atom. The van der Waals surface area contributed by atoms with E-state index in [4.69, 9.17) is 27.9 Å². The second-order valence-corrected chi connectivity index (χ2v) is 7.59. The smallest absolute Gasteiger partial charge is 0.0823 e. The van der Waals surface area contributed by atoms with E-state index in [-0.39, 0.29) is 5.60 Å². The molecule has 0 bridgehead atoms. The van der Waals surface area contributed by atoms with Gasteiger partial charge in [-0.05, 0) is 49.3 Å². The van der Waals surface area contributed by atoms with E-state index in [2.05, 4.69) is 5.32 Å². The van der Waals surface area contributed by atoms with Crippen LogP contribution in [0.1, 0.15) is 25.7 Å². The number of nitrogens with one attached hydrogen (secondary N) is 1. The Hall–Kier alpha value is -0.0900. The predicted molar refractivity (Wildman–Crippen MR) is 88.3 cm³/mol. The summed E-state index contributed by atoms with van der Waals surface area (Å²) >= 11 is 14.4. The summed E-state index contributed by atoms with van der Waals surface area (Å²) in [5.74, 6) is 2.43. The molecule has 0 radical (unpaired) electrons. The van der Waals surface area contributed by atoms with Crippen molar-refractivity contribution in [2.75, 3.05) is 23.4 Å². The van der Waals surface area contributed by atoms with Gasteiger partial charge < -0.3 is 10.1 Å². The summed E-state index contributed by atoms with van der Waals surface area (Å²) in [5.41, 5.74) is 1.03. The molecule has 5 heteroatoms. The molecule has 1 aromatic carbocycles. The molecule has 20 heavy (non-hydrogen) atoms. The van der Waals surface area contributed by atoms with Crippen LogP contribution in [0.25, 0.3) is 0 Å². The van der Waals surface area contributed by atoms with Crippen LogP contribution in [-0.4, -0.2) is 29.8 Å². The number of halogens is 2. The van der Waals surface area contributed by atoms with Gasteiger partial charge in [-0.25, -0.2) is 0 Å². The van der Waals surface area contributed by atoms with Crippen LogP contribution in [0.4, 0.5) is 5.69 Å². The average molecular weight is 332 g/mol. The molecule has 1 spiro atoms. The zero-order valence-electron chi connectivity index (χ0n) is 11.3. The normalized spacial score (nSPS) is 25.6. The first-order valence-electron chi connectivity index (χ1n) is 7.11. The Bertz CT molecular complexity index is 471. The van der Waals surface area contributed by atoms with Crippen molar-refractivity contribution in [3.63, 3.8) is 0 Å². The third-order valence-corrected chi connectivity index (χ3v) is 6.01. The van der Waals surface area contributed by atoms with E-state index in [1.807, 2.05) is 30.0 Å². The molecule has 3 rings (SSSR count). The fourth-order valence-electron chi connectivity index (χ4n) is 3.08. The van der Waals surface area contributed by atoms with Gasteiger partial charge in [0.25, 0.3) is 0 Å². The molecule has 2 saturated heterocycles. The monoisotopic (exact) mass is 331 g/mol. The topological polar surface area (TPSA) is 21.3 Å². The molecule has 0 saturated carbocycles. The maximum atomic E-state index is 6.26. The fraction of sp³-hybridized carbons (Fsp3) is 0.600. The van der Waals surface area contributed by atoms with Crippen LogP contribution in [0, 0.1) is 0 Å². The van der Waals surface area contributed by atoms with Crippen molar-refractivity contribution in [3.05, 3.63) is 28.2 Å². The molecule has 110 valence electrons. The molecular formula is C15H19Cl2NOS. The number of hydrogen-bond donors (Lipinski definition) is 1. The van der Waals surface area contributed by atoms with Crippen molar-refractivity contribution < 1.29 is 4.74 Å². The summed E-state index contributed by atoms with van der Waals surface area (Å²) in [7, 11) is 0. The Morgan fingerprint density at radius 1 is 1.25 bits per heavy atom. The zero-order chi connectivity index (χ0) is 14.0. The molecule has 1 aromatic rings. The first-order valence-corrected chi connectivity index (χ1v) is 9.02. The Labute approximate surface area is 134 Å². The Morgan fingerprint density at radius 3 is 2.85 bits per heavy atom. The number of ether oxygens (including phenoxy) is 1. The lowest BCUT2D eigenvalue weighted by molar-refractivity contribution is -0.0865. The Balaban J connectivity index is 1.69. The predicted octanol–water partition coefficient (Wildman–Crippen LogP) is 4.85. The van der Waals surface area contributed by atoms with Gasteiger partial charge in [-0.15, -0.1) is 0 Å². The van der Waals surface area contributed by atoms with Crippen LogP contribution in [0.3, 0.4) is 0 Å². The van der Waals surface area contributed by atoms with Crippen molar-refractivity contribution in [3.8, 4) is 0 Å². The third-order valence-electron chi connectivity index (χ3n) is 4.21. The van der Waals surface area contributed by atoms with E-state index in [9.17, 15) is 0 Å². The van der Waals surface area contributed by atoms with Crippen molar-refractivity contribution in [1.82, 2.24) is 0 Å². The van der Waals surface area contributed by atoms with Gasteiger partial charge in [0.15, 0.2) is 0 Å². The number of benzene rings is 1. The van der Waals surface area contributed by atoms with Crippen LogP contribution in [0.15, 0.2) is 18.2 Å². The highest BCUT2D eigenvalue weighted by Crippen LogP contribution is 2.39. The highest BCUT2D eigenvalue weighted by Gasteiger charge is 2.38. The largest absolute Gasteiger partial charge is 0.381 e. The van der Waals surface area contributed by atoms with E-state index in [0.29, 0.717) is 16.1 Å². The standard InChI is InChI=1S/C15H19Cl2NOS/c16-12-2-1-3-13(14(12)17)18-11-4-7-19-15(10-11)5-8-20-9-6-15/h1-3,11,18H,4-10H2. The summed E-state index contributed by atoms with van der Waals surface area (Å²) in [6.07, 6.45) is 4.42. The van der Waals surface area contributed by atoms with E-state index in [1.165, 1.54) is 24.3 Å². The molecule has 0 amide bonds. The van der Waals surface area contributed by atoms with Crippen molar-refractivity contribution in [2.45, 2.75) is 37.3 Å². The molecule has 2 fully saturated rings. The molecular weight excluding hydrogens is 313 g/mol. The Kier molecular flexibility index (Phi) is 4.71. The highest BCUT2D eigenvalue weighted by atomic mass is 35.5. The van der Waals surface area contributed by atoms with E-state index in [1.54, 1.807) is 0 Å². The molecule has 2 heterocycles. The molecule has 0 aromatic heterocycles. The van der Waals surface area contributed by atoms with Crippen LogP contribution in [-0.2, 0) is 4.74 Å². The molecule has 1 unspecified atom stereocenters. The summed E-state index contributed by atoms with van der Waals surface area (Å²) in [4.78, 5) is 0. The van der Waals surface area contributed by atoms with Gasteiger partial charge in [0.1, 0.15) is 0 Å². The van der Waals surface area contributed by atoms with Crippen LogP contribution >= 0.6 is 35.0 Å². The third kappa shape index (κ3) is 3.22. The number of anilines is 1. The van der Waals surface area contributed by atoms with Crippen LogP contribution in [0.2, 0.25) is 10.0 Å². The minimum absolute atomic E-state index is 0.0895. The lowest BCUT2D eigenvalue weighted by Gasteiger charge is -2.43. The van der Waals surface area contributed by atoms with Crippen molar-refractivity contribution in [2.24, 2.45) is 0 Å². The highest BCUT2D eigenvalue weighted by molar-refractivity contribution is 7.99. The molecule has 2 nitrogen and oxygen atoms in total. The molecule has 0 aliphatic carbocycles. The number of rotatable bonds is 2. The van der Waals surface area contributed by atoms with Gasteiger partial charge in [0, 0.05) is 12.6 Å². The van der Waals surface area contributed by atoms with Gasteiger partial charge in [-0.3, -0.25) is 0 Å². The van der Waals surface area contributed by atoms with Gasteiger partial charge in [-0.2, -0.15) is 11.8 Å². The maximum Gasteiger partial charge on any atom is 0.0823 e. The summed E-state index contributed by atoms with van der Waals surface area (Å²) in [6, 6.07) is 6.16. The SMILES string of the molecule is Clc1cccc(NC2CCOC3(CCSCC3)C2)c1Cl. The molecule has 1 N–H and O–H groups in total. The van der Waals surface area contributed by atoms with Gasteiger partial charge in [0.2, 0.25) is 0 Å². The minimum atomic E-state index is 0.0895. The van der Waals surface area contributed by atoms with E-state index in [0.717, 1.165) is 25.1 Å². The average Bonchev–Trinajstić information content (AvgIpc) is 2.45. The maximum absolute atomic E-state index is 6.26. The summed E-state index contributed by atoms with van der Waals surface area (Å²) in [5, 5.41) is 4.78. The summed E-state index contributed by atoms with van der Waals surface area (Å²) in [6.45, 7) is 0.834. The number of hydrogen-bond acceptors (Lipinski definition) is 3. The second-order valence-electron chi connectivity index (χ2n) is 5.58. The first-order chi connectivity index (χ1) is 9.69. The van der Waals surface area contributed by atoms with E-state index >= 15 is 0 Å². The zero-order valence-corrected chi connectivity index (χ0v) is 13.7. The summed E-state index contributed by atoms with van der Waals surface area (Å²) < 4.78 is 6.12. The molecule has 1 atom stereocenters. The van der Waals surface area contributed by atoms with Crippen LogP contribution in [0.5, 0.6) is 0 Å². The second kappa shape index (κ2) is 6.35. The van der Waals surface area contributed by atoms with E-state index < -0.39 is 0 Å². The molecule has 2 aliphatic rings. The van der Waals surface area contributed by atoms with Crippen molar-refractivity contribution >= 4 is 40.7 Å². The van der Waals surface area contributed by atoms with Gasteiger partial charge in [0.05, 0.1) is 21.3 Å². The van der Waals surface area contributed by atoms with Crippen molar-refractivity contribution in [1.29, 1.82) is 0 Å². The minimum Gasteiger partial charge on any atom is -0.381 e. The van der Waals surface area contributed by atoms with Gasteiger partial charge >= 0.3 is 0 Å². The lowest BCUT2D eigenvalue weighted by atomic mass is 9.85. The number of thioether (sulfide) groups is 1. The van der Waals surface area contributed by atoms with Gasteiger partial charge in [-0.1, -0.05) is 29.3 Å². The molecule has 2 aliphatic heterocycles. The fourth-order valence-corrected chi connectivity index (χ4v) is 4.67. The van der Waals surface area contributed by atoms with Crippen LogP contribution < -0.4 is 5.32 Å². The first kappa shape index (κ1) is 14.8. The lowest BCUT2D eigenvalue weighted by Crippen LogP contribution is -2.46. The quantitative estimate of drug-likeness (QED) is 0.836.